The summed E-state index contributed by atoms with van der Waals surface area (Å²) in [6.07, 6.45) is 0.358. The van der Waals surface area contributed by atoms with Crippen molar-refractivity contribution in [2.45, 2.75) is 47.1 Å². The zero-order valence-corrected chi connectivity index (χ0v) is 10.5. The molecule has 0 saturated heterocycles. The van der Waals surface area contributed by atoms with Crippen LogP contribution in [-0.4, -0.2) is 24.2 Å². The molecule has 0 aliphatic heterocycles. The van der Waals surface area contributed by atoms with Gasteiger partial charge in [-0.3, -0.25) is 9.59 Å². The summed E-state index contributed by atoms with van der Waals surface area (Å²) in [6, 6.07) is 0.310. The van der Waals surface area contributed by atoms with Crippen LogP contribution < -0.4 is 5.32 Å². The summed E-state index contributed by atoms with van der Waals surface area (Å²) < 4.78 is 0. The van der Waals surface area contributed by atoms with Crippen LogP contribution in [0.4, 0.5) is 0 Å². The molecular weight excluding hydrogens is 190 g/mol. The summed E-state index contributed by atoms with van der Waals surface area (Å²) in [5.74, 6) is 0.162. The SMILES string of the molecule is CC(C)NCC(=O)C[C@H](C)C(=O)C(C)C. The highest BCUT2D eigenvalue weighted by Gasteiger charge is 2.19. The summed E-state index contributed by atoms with van der Waals surface area (Å²) in [5.41, 5.74) is 0. The average molecular weight is 213 g/mol. The van der Waals surface area contributed by atoms with E-state index in [4.69, 9.17) is 0 Å². The van der Waals surface area contributed by atoms with Crippen LogP contribution in [0.1, 0.15) is 41.0 Å². The molecule has 1 N–H and O–H groups in total. The minimum atomic E-state index is -0.147. The second kappa shape index (κ2) is 6.72. The third kappa shape index (κ3) is 6.39. The van der Waals surface area contributed by atoms with Crippen molar-refractivity contribution < 1.29 is 9.59 Å². The Labute approximate surface area is 92.6 Å². The van der Waals surface area contributed by atoms with Crippen LogP contribution in [0.5, 0.6) is 0 Å². The smallest absolute Gasteiger partial charge is 0.147 e. The molecule has 0 bridgehead atoms. The van der Waals surface area contributed by atoms with Gasteiger partial charge in [-0.25, -0.2) is 0 Å². The van der Waals surface area contributed by atoms with Crippen LogP contribution in [0.2, 0.25) is 0 Å². The molecule has 0 rings (SSSR count). The summed E-state index contributed by atoms with van der Waals surface area (Å²) in [4.78, 5) is 23.0. The van der Waals surface area contributed by atoms with E-state index < -0.39 is 0 Å². The number of carbonyl (C=O) groups is 2. The summed E-state index contributed by atoms with van der Waals surface area (Å²) in [5, 5.41) is 3.06. The van der Waals surface area contributed by atoms with Crippen molar-refractivity contribution in [3.05, 3.63) is 0 Å². The maximum atomic E-state index is 11.5. The molecule has 1 atom stereocenters. The molecule has 0 spiro atoms. The van der Waals surface area contributed by atoms with Crippen LogP contribution in [-0.2, 0) is 9.59 Å². The summed E-state index contributed by atoms with van der Waals surface area (Å²) in [6.45, 7) is 9.93. The molecule has 0 aromatic heterocycles. The number of ketones is 2. The number of hydrogen-bond donors (Lipinski definition) is 1. The molecule has 0 heterocycles. The molecule has 0 unspecified atom stereocenters. The Bertz CT molecular complexity index is 222. The Morgan fingerprint density at radius 1 is 1.07 bits per heavy atom. The van der Waals surface area contributed by atoms with Gasteiger partial charge in [-0.2, -0.15) is 0 Å². The van der Waals surface area contributed by atoms with Crippen molar-refractivity contribution in [3.63, 3.8) is 0 Å². The molecule has 0 aliphatic carbocycles. The van der Waals surface area contributed by atoms with Crippen molar-refractivity contribution in [2.75, 3.05) is 6.54 Å². The van der Waals surface area contributed by atoms with Gasteiger partial charge < -0.3 is 5.32 Å². The Morgan fingerprint density at radius 3 is 2.00 bits per heavy atom. The first kappa shape index (κ1) is 14.3. The van der Waals surface area contributed by atoms with Crippen molar-refractivity contribution in [1.82, 2.24) is 5.32 Å². The molecule has 3 nitrogen and oxygen atoms in total. The lowest BCUT2D eigenvalue weighted by Gasteiger charge is -2.13. The van der Waals surface area contributed by atoms with E-state index in [1.54, 1.807) is 0 Å². The van der Waals surface area contributed by atoms with Crippen molar-refractivity contribution >= 4 is 11.6 Å². The first-order valence-electron chi connectivity index (χ1n) is 5.63. The first-order chi connectivity index (χ1) is 6.84. The Hall–Kier alpha value is -0.700. The fourth-order valence-corrected chi connectivity index (χ4v) is 1.40. The fraction of sp³-hybridized carbons (Fsp3) is 0.833. The van der Waals surface area contributed by atoms with Gasteiger partial charge in [0.25, 0.3) is 0 Å². The van der Waals surface area contributed by atoms with E-state index >= 15 is 0 Å². The van der Waals surface area contributed by atoms with Crippen molar-refractivity contribution in [1.29, 1.82) is 0 Å². The fourth-order valence-electron chi connectivity index (χ4n) is 1.40. The van der Waals surface area contributed by atoms with E-state index in [9.17, 15) is 9.59 Å². The predicted molar refractivity (Wildman–Crippen MR) is 61.8 cm³/mol. The molecule has 88 valence electrons. The number of rotatable bonds is 7. The standard InChI is InChI=1S/C12H23NO2/c1-8(2)12(15)10(5)6-11(14)7-13-9(3)4/h8-10,13H,6-7H2,1-5H3/t10-/m0/s1. The molecule has 0 aliphatic rings. The van der Waals surface area contributed by atoms with E-state index in [1.807, 2.05) is 34.6 Å². The van der Waals surface area contributed by atoms with Crippen LogP contribution in [0, 0.1) is 11.8 Å². The Balaban J connectivity index is 3.91. The third-order valence-electron chi connectivity index (χ3n) is 2.30. The van der Waals surface area contributed by atoms with Gasteiger partial charge in [-0.05, 0) is 0 Å². The minimum absolute atomic E-state index is 0.0193. The van der Waals surface area contributed by atoms with Gasteiger partial charge >= 0.3 is 0 Å². The molecule has 0 aromatic carbocycles. The largest absolute Gasteiger partial charge is 0.308 e. The van der Waals surface area contributed by atoms with E-state index in [0.29, 0.717) is 19.0 Å². The summed E-state index contributed by atoms with van der Waals surface area (Å²) >= 11 is 0. The molecule has 15 heavy (non-hydrogen) atoms. The highest BCUT2D eigenvalue weighted by atomic mass is 16.1. The lowest BCUT2D eigenvalue weighted by atomic mass is 9.92. The van der Waals surface area contributed by atoms with Gasteiger partial charge in [0.15, 0.2) is 0 Å². The molecule has 0 amide bonds. The van der Waals surface area contributed by atoms with E-state index in [1.165, 1.54) is 0 Å². The summed E-state index contributed by atoms with van der Waals surface area (Å²) in [7, 11) is 0. The second-order valence-corrected chi connectivity index (χ2v) is 4.74. The van der Waals surface area contributed by atoms with Gasteiger partial charge in [0.05, 0.1) is 6.54 Å². The lowest BCUT2D eigenvalue weighted by molar-refractivity contribution is -0.129. The van der Waals surface area contributed by atoms with Crippen LogP contribution in [0.3, 0.4) is 0 Å². The number of Topliss-reactive ketones (excluding diaryl/α,β-unsaturated/α-hetero) is 2. The lowest BCUT2D eigenvalue weighted by Crippen LogP contribution is -2.31. The monoisotopic (exact) mass is 213 g/mol. The quantitative estimate of drug-likeness (QED) is 0.701. The van der Waals surface area contributed by atoms with Crippen LogP contribution >= 0.6 is 0 Å². The number of carbonyl (C=O) groups excluding carboxylic acids is 2. The molecule has 3 heteroatoms. The van der Waals surface area contributed by atoms with Gasteiger partial charge in [-0.15, -0.1) is 0 Å². The minimum Gasteiger partial charge on any atom is -0.308 e. The highest BCUT2D eigenvalue weighted by molar-refractivity contribution is 5.89. The van der Waals surface area contributed by atoms with Gasteiger partial charge in [-0.1, -0.05) is 34.6 Å². The number of nitrogens with one attached hydrogen (secondary N) is 1. The van der Waals surface area contributed by atoms with Crippen LogP contribution in [0.15, 0.2) is 0 Å². The zero-order chi connectivity index (χ0) is 12.0. The maximum absolute atomic E-state index is 11.5. The normalized spacial score (nSPS) is 13.3. The van der Waals surface area contributed by atoms with E-state index in [-0.39, 0.29) is 23.4 Å². The van der Waals surface area contributed by atoms with Gasteiger partial charge in [0, 0.05) is 24.3 Å². The molecule has 0 fully saturated rings. The Kier molecular flexibility index (Phi) is 6.41. The van der Waals surface area contributed by atoms with Gasteiger partial charge in [0.2, 0.25) is 0 Å². The molecule has 0 saturated carbocycles. The van der Waals surface area contributed by atoms with Crippen molar-refractivity contribution in [2.24, 2.45) is 11.8 Å². The topological polar surface area (TPSA) is 46.2 Å². The van der Waals surface area contributed by atoms with Crippen LogP contribution in [0.25, 0.3) is 0 Å². The molecule has 0 aromatic rings. The van der Waals surface area contributed by atoms with Gasteiger partial charge in [0.1, 0.15) is 11.6 Å². The first-order valence-corrected chi connectivity index (χ1v) is 5.63. The molecular formula is C12H23NO2. The Morgan fingerprint density at radius 2 is 1.60 bits per heavy atom. The number of hydrogen-bond acceptors (Lipinski definition) is 3. The molecule has 0 radical (unpaired) electrons. The highest BCUT2D eigenvalue weighted by Crippen LogP contribution is 2.10. The average Bonchev–Trinajstić information content (AvgIpc) is 2.13. The maximum Gasteiger partial charge on any atom is 0.147 e. The van der Waals surface area contributed by atoms with E-state index in [2.05, 4.69) is 5.32 Å². The third-order valence-corrected chi connectivity index (χ3v) is 2.30. The second-order valence-electron chi connectivity index (χ2n) is 4.74. The van der Waals surface area contributed by atoms with Crippen molar-refractivity contribution in [3.8, 4) is 0 Å². The van der Waals surface area contributed by atoms with E-state index in [0.717, 1.165) is 0 Å². The predicted octanol–water partition coefficient (Wildman–Crippen LogP) is 1.80. The zero-order valence-electron chi connectivity index (χ0n) is 10.5.